The maximum atomic E-state index is 11.8. The summed E-state index contributed by atoms with van der Waals surface area (Å²) in [6, 6.07) is 5.83. The predicted octanol–water partition coefficient (Wildman–Crippen LogP) is 0.763. The van der Waals surface area contributed by atoms with Gasteiger partial charge in [0.1, 0.15) is 5.70 Å². The average Bonchev–Trinajstić information content (AvgIpc) is 2.49. The molecule has 0 aromatic heterocycles. The van der Waals surface area contributed by atoms with Crippen LogP contribution < -0.4 is 11.2 Å². The summed E-state index contributed by atoms with van der Waals surface area (Å²) in [6.45, 7) is 2.74. The Morgan fingerprint density at radius 3 is 2.71 bits per heavy atom. The number of hydrazone groups is 1. The van der Waals surface area contributed by atoms with E-state index in [1.54, 1.807) is 11.8 Å². The Labute approximate surface area is 144 Å². The number of nitrogen functional groups attached to an aromatic ring is 1. The van der Waals surface area contributed by atoms with Crippen LogP contribution in [0.15, 0.2) is 34.4 Å². The zero-order valence-electron chi connectivity index (χ0n) is 13.2. The van der Waals surface area contributed by atoms with Crippen molar-refractivity contribution in [3.8, 4) is 0 Å². The second kappa shape index (κ2) is 7.24. The molecule has 1 aromatic rings. The van der Waals surface area contributed by atoms with Crippen molar-refractivity contribution in [3.63, 3.8) is 0 Å². The molecule has 0 saturated heterocycles. The Bertz CT molecular complexity index is 810. The van der Waals surface area contributed by atoms with Gasteiger partial charge in [0.25, 0.3) is 16.0 Å². The van der Waals surface area contributed by atoms with Crippen molar-refractivity contribution in [2.45, 2.75) is 6.92 Å². The van der Waals surface area contributed by atoms with Gasteiger partial charge in [0.05, 0.1) is 6.26 Å². The summed E-state index contributed by atoms with van der Waals surface area (Å²) in [5, 5.41) is 6.05. The summed E-state index contributed by atoms with van der Waals surface area (Å²) in [5.74, 6) is 1.53. The number of nitrogens with one attached hydrogen (secondary N) is 1. The van der Waals surface area contributed by atoms with Gasteiger partial charge in [0.15, 0.2) is 5.84 Å². The summed E-state index contributed by atoms with van der Waals surface area (Å²) >= 11 is 1.64. The van der Waals surface area contributed by atoms with Crippen molar-refractivity contribution in [1.82, 2.24) is 10.3 Å². The number of aryl methyl sites for hydroxylation is 1. The van der Waals surface area contributed by atoms with Crippen LogP contribution in [0, 0.1) is 6.92 Å². The number of nitrogens with two attached hydrogens (primary N) is 1. The first-order valence-corrected chi connectivity index (χ1v) is 9.83. The molecule has 0 radical (unpaired) electrons. The highest BCUT2D eigenvalue weighted by atomic mass is 32.2. The van der Waals surface area contributed by atoms with Gasteiger partial charge in [-0.05, 0) is 18.6 Å². The van der Waals surface area contributed by atoms with Crippen LogP contribution in [-0.4, -0.2) is 48.2 Å². The van der Waals surface area contributed by atoms with Crippen LogP contribution in [0.1, 0.15) is 11.1 Å². The number of carbonyl (C=O) groups is 1. The number of hydrogen-bond donors (Lipinski definition) is 3. The van der Waals surface area contributed by atoms with Gasteiger partial charge < -0.3 is 10.6 Å². The third-order valence-electron chi connectivity index (χ3n) is 3.21. The Morgan fingerprint density at radius 2 is 2.08 bits per heavy atom. The molecule has 4 N–H and O–H groups in total. The lowest BCUT2D eigenvalue weighted by molar-refractivity contribution is -0.119. The highest BCUT2D eigenvalue weighted by Crippen LogP contribution is 2.25. The minimum atomic E-state index is -3.67. The molecule has 3 rings (SSSR count). The van der Waals surface area contributed by atoms with E-state index in [0.717, 1.165) is 34.9 Å². The summed E-state index contributed by atoms with van der Waals surface area (Å²) in [5.41, 5.74) is 11.8. The maximum Gasteiger partial charge on any atom is 0.288 e. The molecule has 0 bridgehead atoms. The normalized spacial score (nSPS) is 17.0. The van der Waals surface area contributed by atoms with E-state index >= 15 is 0 Å². The lowest BCUT2D eigenvalue weighted by atomic mass is 10.1. The molecule has 10 heteroatoms. The third-order valence-corrected chi connectivity index (χ3v) is 4.02. The number of hydrogen-bond acceptors (Lipinski definition) is 7. The zero-order valence-corrected chi connectivity index (χ0v) is 14.8. The molecule has 0 saturated carbocycles. The molecule has 0 aliphatic carbocycles. The molecule has 0 fully saturated rings. The standard InChI is InChI=1S/C13H14N4OS.CH4O3S/c1-8-2-3-9(6-10(8)14)12-15-16-13(18)11-7-19-5-4-17(11)12;1-5(2,3)4/h2-3,6-7H,4-5,14H2,1H3,(H,16,18);1H3,(H,2,3,4). The van der Waals surface area contributed by atoms with Crippen LogP contribution in [0.2, 0.25) is 0 Å². The molecule has 8 nitrogen and oxygen atoms in total. The molecular formula is C14H18N4O4S2. The van der Waals surface area contributed by atoms with E-state index in [4.69, 9.17) is 10.3 Å². The molecular weight excluding hydrogens is 352 g/mol. The molecule has 0 unspecified atom stereocenters. The van der Waals surface area contributed by atoms with E-state index in [9.17, 15) is 13.2 Å². The van der Waals surface area contributed by atoms with Crippen molar-refractivity contribution >= 4 is 39.3 Å². The highest BCUT2D eigenvalue weighted by molar-refractivity contribution is 8.02. The van der Waals surface area contributed by atoms with E-state index in [-0.39, 0.29) is 5.91 Å². The largest absolute Gasteiger partial charge is 0.398 e. The lowest BCUT2D eigenvalue weighted by Crippen LogP contribution is -2.45. The van der Waals surface area contributed by atoms with Crippen molar-refractivity contribution in [2.24, 2.45) is 5.10 Å². The summed E-state index contributed by atoms with van der Waals surface area (Å²) < 4.78 is 25.9. The van der Waals surface area contributed by atoms with Gasteiger partial charge in [0, 0.05) is 29.0 Å². The molecule has 1 aromatic carbocycles. The molecule has 24 heavy (non-hydrogen) atoms. The Morgan fingerprint density at radius 1 is 1.42 bits per heavy atom. The topological polar surface area (TPSA) is 125 Å². The van der Waals surface area contributed by atoms with Gasteiger partial charge in [-0.15, -0.1) is 11.8 Å². The van der Waals surface area contributed by atoms with Gasteiger partial charge in [-0.2, -0.15) is 13.5 Å². The number of rotatable bonds is 1. The SMILES string of the molecule is CS(=O)(=O)O.Cc1ccc(C2=NNC(=O)C3=CSCCN32)cc1N. The number of nitrogens with zero attached hydrogens (tertiary/aromatic N) is 2. The van der Waals surface area contributed by atoms with Gasteiger partial charge in [-0.1, -0.05) is 12.1 Å². The quantitative estimate of drug-likeness (QED) is 0.492. The van der Waals surface area contributed by atoms with E-state index < -0.39 is 10.1 Å². The lowest BCUT2D eigenvalue weighted by Gasteiger charge is -2.33. The van der Waals surface area contributed by atoms with E-state index in [1.165, 1.54) is 0 Å². The Balaban J connectivity index is 0.000000368. The van der Waals surface area contributed by atoms with Crippen molar-refractivity contribution < 1.29 is 17.8 Å². The molecule has 130 valence electrons. The number of benzene rings is 1. The van der Waals surface area contributed by atoms with Crippen molar-refractivity contribution in [3.05, 3.63) is 40.4 Å². The van der Waals surface area contributed by atoms with Gasteiger partial charge >= 0.3 is 0 Å². The average molecular weight is 370 g/mol. The number of fused-ring (bicyclic) bond motifs is 1. The van der Waals surface area contributed by atoms with Crippen LogP contribution in [0.5, 0.6) is 0 Å². The fourth-order valence-corrected chi connectivity index (χ4v) is 2.88. The number of anilines is 1. The van der Waals surface area contributed by atoms with E-state index in [2.05, 4.69) is 10.5 Å². The molecule has 2 aliphatic rings. The number of amidine groups is 1. The Hall–Kier alpha value is -2.04. The van der Waals surface area contributed by atoms with Crippen molar-refractivity contribution in [2.75, 3.05) is 24.3 Å². The predicted molar refractivity (Wildman–Crippen MR) is 95.0 cm³/mol. The third kappa shape index (κ3) is 4.73. The second-order valence-electron chi connectivity index (χ2n) is 5.21. The summed E-state index contributed by atoms with van der Waals surface area (Å²) in [7, 11) is -3.67. The number of amides is 1. The Kier molecular flexibility index (Phi) is 5.52. The van der Waals surface area contributed by atoms with Gasteiger partial charge in [0.2, 0.25) is 0 Å². The fourth-order valence-electron chi connectivity index (χ4n) is 2.08. The van der Waals surface area contributed by atoms with E-state index in [1.807, 2.05) is 35.4 Å². The first-order chi connectivity index (χ1) is 11.2. The molecule has 0 spiro atoms. The fraction of sp³-hybridized carbons (Fsp3) is 0.286. The number of carbonyl (C=O) groups excluding carboxylic acids is 1. The summed E-state index contributed by atoms with van der Waals surface area (Å²) in [4.78, 5) is 13.7. The first-order valence-electron chi connectivity index (χ1n) is 6.93. The minimum absolute atomic E-state index is 0.156. The number of thioether (sulfide) groups is 1. The van der Waals surface area contributed by atoms with Crippen LogP contribution in [0.3, 0.4) is 0 Å². The highest BCUT2D eigenvalue weighted by Gasteiger charge is 2.29. The van der Waals surface area contributed by atoms with Crippen LogP contribution in [-0.2, 0) is 14.9 Å². The van der Waals surface area contributed by atoms with E-state index in [0.29, 0.717) is 12.0 Å². The van der Waals surface area contributed by atoms with Gasteiger partial charge in [-0.25, -0.2) is 5.43 Å². The molecule has 1 amide bonds. The maximum absolute atomic E-state index is 11.8. The zero-order chi connectivity index (χ0) is 17.9. The van der Waals surface area contributed by atoms with Crippen LogP contribution in [0.25, 0.3) is 0 Å². The smallest absolute Gasteiger partial charge is 0.288 e. The first kappa shape index (κ1) is 18.3. The van der Waals surface area contributed by atoms with Crippen LogP contribution >= 0.6 is 11.8 Å². The van der Waals surface area contributed by atoms with Gasteiger partial charge in [-0.3, -0.25) is 9.35 Å². The molecule has 2 aliphatic heterocycles. The minimum Gasteiger partial charge on any atom is -0.398 e. The molecule has 0 atom stereocenters. The van der Waals surface area contributed by atoms with Crippen LogP contribution in [0.4, 0.5) is 5.69 Å². The molecule has 2 heterocycles. The monoisotopic (exact) mass is 370 g/mol. The van der Waals surface area contributed by atoms with Crippen molar-refractivity contribution in [1.29, 1.82) is 0 Å². The second-order valence-corrected chi connectivity index (χ2v) is 7.65. The summed E-state index contributed by atoms with van der Waals surface area (Å²) in [6.07, 6.45) is 0.715.